The van der Waals surface area contributed by atoms with Gasteiger partial charge in [-0.05, 0) is 37.5 Å². The van der Waals surface area contributed by atoms with Crippen LogP contribution in [-0.2, 0) is 4.79 Å². The highest BCUT2D eigenvalue weighted by atomic mass is 35.5. The Kier molecular flexibility index (Phi) is 5.23. The molecule has 2 amide bonds. The van der Waals surface area contributed by atoms with Gasteiger partial charge in [-0.25, -0.2) is 0 Å². The molecule has 1 aromatic carbocycles. The molecule has 0 bridgehead atoms. The van der Waals surface area contributed by atoms with Crippen LogP contribution in [0.5, 0.6) is 0 Å². The molecule has 0 aromatic heterocycles. The number of benzene rings is 1. The van der Waals surface area contributed by atoms with Gasteiger partial charge < -0.3 is 10.2 Å². The van der Waals surface area contributed by atoms with E-state index in [1.807, 2.05) is 18.7 Å². The van der Waals surface area contributed by atoms with Crippen LogP contribution in [-0.4, -0.2) is 29.8 Å². The van der Waals surface area contributed by atoms with E-state index in [2.05, 4.69) is 5.32 Å². The predicted octanol–water partition coefficient (Wildman–Crippen LogP) is 3.56. The third-order valence-corrected chi connectivity index (χ3v) is 4.25. The highest BCUT2D eigenvalue weighted by Crippen LogP contribution is 2.25. The third-order valence-electron chi connectivity index (χ3n) is 3.92. The van der Waals surface area contributed by atoms with Crippen molar-refractivity contribution in [3.8, 4) is 0 Å². The van der Waals surface area contributed by atoms with Crippen LogP contribution in [0.25, 0.3) is 0 Å². The smallest absolute Gasteiger partial charge is 0.253 e. The molecular formula is C16H21ClN2O2. The lowest BCUT2D eigenvalue weighted by atomic mass is 10.1. The van der Waals surface area contributed by atoms with Gasteiger partial charge in [-0.1, -0.05) is 25.4 Å². The molecule has 0 unspecified atom stereocenters. The SMILES string of the molecule is CC[C@@H](C)C(=O)Nc1cc(C(=O)N2CCCC2)ccc1Cl. The predicted molar refractivity (Wildman–Crippen MR) is 84.7 cm³/mol. The maximum atomic E-state index is 12.4. The molecule has 0 aliphatic carbocycles. The van der Waals surface area contributed by atoms with E-state index in [-0.39, 0.29) is 17.7 Å². The van der Waals surface area contributed by atoms with E-state index in [1.54, 1.807) is 18.2 Å². The molecule has 1 aliphatic heterocycles. The molecule has 1 saturated heterocycles. The summed E-state index contributed by atoms with van der Waals surface area (Å²) in [5.74, 6) is -0.160. The number of likely N-dealkylation sites (tertiary alicyclic amines) is 1. The molecule has 1 aromatic rings. The first-order valence-corrected chi connectivity index (χ1v) is 7.80. The van der Waals surface area contributed by atoms with Gasteiger partial charge >= 0.3 is 0 Å². The number of carbonyl (C=O) groups excluding carboxylic acids is 2. The number of nitrogens with one attached hydrogen (secondary N) is 1. The average Bonchev–Trinajstić information content (AvgIpc) is 3.02. The molecule has 5 heteroatoms. The summed E-state index contributed by atoms with van der Waals surface area (Å²) in [6.45, 7) is 5.42. The summed E-state index contributed by atoms with van der Waals surface area (Å²) in [4.78, 5) is 26.2. The first-order chi connectivity index (χ1) is 10.0. The largest absolute Gasteiger partial charge is 0.339 e. The number of rotatable bonds is 4. The van der Waals surface area contributed by atoms with E-state index < -0.39 is 0 Å². The Morgan fingerprint density at radius 3 is 2.62 bits per heavy atom. The molecule has 1 heterocycles. The highest BCUT2D eigenvalue weighted by Gasteiger charge is 2.21. The van der Waals surface area contributed by atoms with Crippen molar-refractivity contribution in [3.63, 3.8) is 0 Å². The molecule has 1 N–H and O–H groups in total. The Hall–Kier alpha value is -1.55. The molecule has 4 nitrogen and oxygen atoms in total. The second-order valence-corrected chi connectivity index (χ2v) is 5.90. The van der Waals surface area contributed by atoms with E-state index >= 15 is 0 Å². The van der Waals surface area contributed by atoms with Crippen LogP contribution < -0.4 is 5.32 Å². The molecule has 114 valence electrons. The van der Waals surface area contributed by atoms with Gasteiger partial charge in [0.2, 0.25) is 5.91 Å². The summed E-state index contributed by atoms with van der Waals surface area (Å²) in [5.41, 5.74) is 1.08. The standard InChI is InChI=1S/C16H21ClN2O2/c1-3-11(2)15(20)18-14-10-12(6-7-13(14)17)16(21)19-8-4-5-9-19/h6-7,10-11H,3-5,8-9H2,1-2H3,(H,18,20)/t11-/m1/s1. The maximum Gasteiger partial charge on any atom is 0.253 e. The summed E-state index contributed by atoms with van der Waals surface area (Å²) in [7, 11) is 0. The Bertz CT molecular complexity index is 539. The fourth-order valence-corrected chi connectivity index (χ4v) is 2.46. The quantitative estimate of drug-likeness (QED) is 0.924. The van der Waals surface area contributed by atoms with Crippen molar-refractivity contribution in [1.82, 2.24) is 4.90 Å². The van der Waals surface area contributed by atoms with Crippen molar-refractivity contribution < 1.29 is 9.59 Å². The van der Waals surface area contributed by atoms with Gasteiger partial charge in [-0.2, -0.15) is 0 Å². The van der Waals surface area contributed by atoms with Crippen LogP contribution in [0, 0.1) is 5.92 Å². The molecule has 0 saturated carbocycles. The first kappa shape index (κ1) is 15.8. The normalized spacial score (nSPS) is 15.9. The minimum absolute atomic E-state index is 0.00297. The Labute approximate surface area is 130 Å². The minimum atomic E-state index is -0.0843. The van der Waals surface area contributed by atoms with Crippen LogP contribution in [0.15, 0.2) is 18.2 Å². The first-order valence-electron chi connectivity index (χ1n) is 7.42. The van der Waals surface area contributed by atoms with E-state index in [9.17, 15) is 9.59 Å². The van der Waals surface area contributed by atoms with E-state index in [1.165, 1.54) is 0 Å². The molecule has 2 rings (SSSR count). The number of carbonyl (C=O) groups is 2. The number of nitrogens with zero attached hydrogens (tertiary/aromatic N) is 1. The van der Waals surface area contributed by atoms with Gasteiger partial charge in [0.15, 0.2) is 0 Å². The van der Waals surface area contributed by atoms with Crippen molar-refractivity contribution in [1.29, 1.82) is 0 Å². The zero-order chi connectivity index (χ0) is 15.4. The maximum absolute atomic E-state index is 12.4. The molecule has 21 heavy (non-hydrogen) atoms. The van der Waals surface area contributed by atoms with Crippen molar-refractivity contribution in [2.24, 2.45) is 5.92 Å². The van der Waals surface area contributed by atoms with Crippen molar-refractivity contribution in [2.45, 2.75) is 33.1 Å². The average molecular weight is 309 g/mol. The number of hydrogen-bond acceptors (Lipinski definition) is 2. The fourth-order valence-electron chi connectivity index (χ4n) is 2.30. The zero-order valence-corrected chi connectivity index (χ0v) is 13.2. The lowest BCUT2D eigenvalue weighted by Gasteiger charge is -2.17. The van der Waals surface area contributed by atoms with Gasteiger partial charge in [0.05, 0.1) is 10.7 Å². The third kappa shape index (κ3) is 3.76. The number of anilines is 1. The number of hydrogen-bond donors (Lipinski definition) is 1. The number of halogens is 1. The Morgan fingerprint density at radius 2 is 2.00 bits per heavy atom. The Morgan fingerprint density at radius 1 is 1.33 bits per heavy atom. The topological polar surface area (TPSA) is 49.4 Å². The summed E-state index contributed by atoms with van der Waals surface area (Å²) in [6.07, 6.45) is 2.86. The van der Waals surface area contributed by atoms with Gasteiger partial charge in [0.1, 0.15) is 0 Å². The van der Waals surface area contributed by atoms with Gasteiger partial charge in [0, 0.05) is 24.6 Å². The summed E-state index contributed by atoms with van der Waals surface area (Å²) < 4.78 is 0. The molecule has 1 aliphatic rings. The van der Waals surface area contributed by atoms with E-state index in [0.29, 0.717) is 16.3 Å². The van der Waals surface area contributed by atoms with Gasteiger partial charge in [-0.15, -0.1) is 0 Å². The van der Waals surface area contributed by atoms with Gasteiger partial charge in [0.25, 0.3) is 5.91 Å². The van der Waals surface area contributed by atoms with Crippen LogP contribution in [0.4, 0.5) is 5.69 Å². The highest BCUT2D eigenvalue weighted by molar-refractivity contribution is 6.33. The lowest BCUT2D eigenvalue weighted by Crippen LogP contribution is -2.27. The molecule has 0 spiro atoms. The van der Waals surface area contributed by atoms with Crippen LogP contribution in [0.3, 0.4) is 0 Å². The van der Waals surface area contributed by atoms with Crippen molar-refractivity contribution >= 4 is 29.1 Å². The minimum Gasteiger partial charge on any atom is -0.339 e. The summed E-state index contributed by atoms with van der Waals surface area (Å²) in [6, 6.07) is 5.04. The lowest BCUT2D eigenvalue weighted by molar-refractivity contribution is -0.119. The molecular weight excluding hydrogens is 288 g/mol. The van der Waals surface area contributed by atoms with Gasteiger partial charge in [-0.3, -0.25) is 9.59 Å². The van der Waals surface area contributed by atoms with Crippen molar-refractivity contribution in [3.05, 3.63) is 28.8 Å². The summed E-state index contributed by atoms with van der Waals surface area (Å²) >= 11 is 6.11. The zero-order valence-electron chi connectivity index (χ0n) is 12.5. The van der Waals surface area contributed by atoms with Crippen molar-refractivity contribution in [2.75, 3.05) is 18.4 Å². The Balaban J connectivity index is 2.16. The molecule has 1 fully saturated rings. The molecule has 0 radical (unpaired) electrons. The summed E-state index contributed by atoms with van der Waals surface area (Å²) in [5, 5.41) is 3.25. The monoisotopic (exact) mass is 308 g/mol. The van der Waals surface area contributed by atoms with Crippen LogP contribution in [0.2, 0.25) is 5.02 Å². The number of amides is 2. The fraction of sp³-hybridized carbons (Fsp3) is 0.500. The molecule has 1 atom stereocenters. The van der Waals surface area contributed by atoms with E-state index in [0.717, 1.165) is 32.4 Å². The second-order valence-electron chi connectivity index (χ2n) is 5.49. The van der Waals surface area contributed by atoms with Crippen LogP contribution in [0.1, 0.15) is 43.5 Å². The van der Waals surface area contributed by atoms with E-state index in [4.69, 9.17) is 11.6 Å². The second kappa shape index (κ2) is 6.94. The van der Waals surface area contributed by atoms with Crippen LogP contribution >= 0.6 is 11.6 Å².